The van der Waals surface area contributed by atoms with Gasteiger partial charge >= 0.3 is 0 Å². The average molecular weight is 214 g/mol. The van der Waals surface area contributed by atoms with Gasteiger partial charge in [-0.1, -0.05) is 41.7 Å². The third kappa shape index (κ3) is 3.79. The predicted octanol–water partition coefficient (Wildman–Crippen LogP) is 2.29. The van der Waals surface area contributed by atoms with Gasteiger partial charge in [0.15, 0.2) is 6.29 Å². The molecule has 0 atom stereocenters. The van der Waals surface area contributed by atoms with E-state index in [1.165, 1.54) is 5.56 Å². The van der Waals surface area contributed by atoms with E-state index in [1.54, 1.807) is 0 Å². The van der Waals surface area contributed by atoms with Crippen LogP contribution in [-0.2, 0) is 9.47 Å². The van der Waals surface area contributed by atoms with Crippen molar-refractivity contribution in [3.63, 3.8) is 0 Å². The summed E-state index contributed by atoms with van der Waals surface area (Å²) in [6.07, 6.45) is 9.78. The smallest absolute Gasteiger partial charge is 0.186 e. The molecule has 0 aliphatic carbocycles. The van der Waals surface area contributed by atoms with E-state index >= 15 is 0 Å². The van der Waals surface area contributed by atoms with Crippen LogP contribution in [-0.4, -0.2) is 13.2 Å². The van der Waals surface area contributed by atoms with Crippen LogP contribution in [0.5, 0.6) is 0 Å². The molecule has 0 bridgehead atoms. The molecule has 0 aromatic heterocycles. The van der Waals surface area contributed by atoms with Crippen molar-refractivity contribution in [3.05, 3.63) is 35.4 Å². The fourth-order valence-corrected chi connectivity index (χ4v) is 1.21. The standard InChI is InChI=1S/C14H14O2/c1-4-10-15-14(16-11-5-2)13-8-6-12(3)7-9-13/h1-2,6-9,14H,10-11H2,3H3. The zero-order valence-corrected chi connectivity index (χ0v) is 9.27. The van der Waals surface area contributed by atoms with Gasteiger partial charge in [-0.25, -0.2) is 0 Å². The maximum atomic E-state index is 5.37. The Hall–Kier alpha value is -1.74. The fourth-order valence-electron chi connectivity index (χ4n) is 1.21. The molecule has 0 aliphatic heterocycles. The highest BCUT2D eigenvalue weighted by molar-refractivity contribution is 5.22. The highest BCUT2D eigenvalue weighted by Crippen LogP contribution is 2.19. The first-order valence-corrected chi connectivity index (χ1v) is 4.94. The molecular formula is C14H14O2. The zero-order valence-electron chi connectivity index (χ0n) is 9.27. The minimum atomic E-state index is -0.493. The van der Waals surface area contributed by atoms with Crippen molar-refractivity contribution in [3.8, 4) is 24.7 Å². The largest absolute Gasteiger partial charge is 0.336 e. The summed E-state index contributed by atoms with van der Waals surface area (Å²) >= 11 is 0. The minimum absolute atomic E-state index is 0.198. The van der Waals surface area contributed by atoms with Crippen LogP contribution in [0.15, 0.2) is 24.3 Å². The van der Waals surface area contributed by atoms with E-state index in [4.69, 9.17) is 22.3 Å². The van der Waals surface area contributed by atoms with Gasteiger partial charge in [0.2, 0.25) is 0 Å². The third-order valence-electron chi connectivity index (χ3n) is 1.99. The Balaban J connectivity index is 2.71. The molecule has 0 fully saturated rings. The number of hydrogen-bond acceptors (Lipinski definition) is 2. The van der Waals surface area contributed by atoms with Crippen LogP contribution in [0.1, 0.15) is 17.4 Å². The minimum Gasteiger partial charge on any atom is -0.336 e. The molecule has 0 saturated heterocycles. The Labute approximate surface area is 96.6 Å². The topological polar surface area (TPSA) is 18.5 Å². The number of ether oxygens (including phenoxy) is 2. The van der Waals surface area contributed by atoms with Gasteiger partial charge in [0.05, 0.1) is 0 Å². The van der Waals surface area contributed by atoms with E-state index < -0.39 is 6.29 Å². The quantitative estimate of drug-likeness (QED) is 0.553. The summed E-state index contributed by atoms with van der Waals surface area (Å²) < 4.78 is 10.7. The lowest BCUT2D eigenvalue weighted by molar-refractivity contribution is -0.128. The molecule has 0 amide bonds. The van der Waals surface area contributed by atoms with Crippen LogP contribution in [0.25, 0.3) is 0 Å². The highest BCUT2D eigenvalue weighted by atomic mass is 16.7. The summed E-state index contributed by atoms with van der Waals surface area (Å²) in [5, 5.41) is 0. The van der Waals surface area contributed by atoms with Gasteiger partial charge in [-0.2, -0.15) is 0 Å². The van der Waals surface area contributed by atoms with Gasteiger partial charge in [-0.3, -0.25) is 0 Å². The molecule has 2 heteroatoms. The predicted molar refractivity (Wildman–Crippen MR) is 63.5 cm³/mol. The molecule has 0 aliphatic rings. The van der Waals surface area contributed by atoms with Crippen molar-refractivity contribution in [2.24, 2.45) is 0 Å². The Morgan fingerprint density at radius 2 is 1.56 bits per heavy atom. The molecule has 1 aromatic carbocycles. The monoisotopic (exact) mass is 214 g/mol. The van der Waals surface area contributed by atoms with Gasteiger partial charge in [-0.05, 0) is 6.92 Å². The summed E-state index contributed by atoms with van der Waals surface area (Å²) in [5.74, 6) is 4.80. The van der Waals surface area contributed by atoms with Gasteiger partial charge in [0.25, 0.3) is 0 Å². The van der Waals surface area contributed by atoms with Crippen molar-refractivity contribution >= 4 is 0 Å². The molecule has 0 heterocycles. The number of terminal acetylenes is 2. The lowest BCUT2D eigenvalue weighted by atomic mass is 10.1. The van der Waals surface area contributed by atoms with E-state index in [0.717, 1.165) is 5.56 Å². The first kappa shape index (κ1) is 12.3. The normalized spacial score (nSPS) is 9.75. The Morgan fingerprint density at radius 3 is 2.00 bits per heavy atom. The van der Waals surface area contributed by atoms with E-state index in [9.17, 15) is 0 Å². The Morgan fingerprint density at radius 1 is 1.06 bits per heavy atom. The molecule has 0 N–H and O–H groups in total. The molecule has 0 saturated carbocycles. The van der Waals surface area contributed by atoms with Crippen LogP contribution < -0.4 is 0 Å². The second-order valence-electron chi connectivity index (χ2n) is 3.27. The van der Waals surface area contributed by atoms with Gasteiger partial charge in [-0.15, -0.1) is 12.8 Å². The highest BCUT2D eigenvalue weighted by Gasteiger charge is 2.10. The number of hydrogen-bond donors (Lipinski definition) is 0. The van der Waals surface area contributed by atoms with E-state index in [2.05, 4.69) is 11.8 Å². The maximum Gasteiger partial charge on any atom is 0.186 e. The number of rotatable bonds is 5. The van der Waals surface area contributed by atoms with E-state index in [1.807, 2.05) is 31.2 Å². The number of benzene rings is 1. The van der Waals surface area contributed by atoms with Crippen molar-refractivity contribution in [2.75, 3.05) is 13.2 Å². The van der Waals surface area contributed by atoms with Gasteiger partial charge in [0.1, 0.15) is 13.2 Å². The van der Waals surface area contributed by atoms with Crippen molar-refractivity contribution in [2.45, 2.75) is 13.2 Å². The van der Waals surface area contributed by atoms with Crippen LogP contribution in [0.3, 0.4) is 0 Å². The summed E-state index contributed by atoms with van der Waals surface area (Å²) in [5.41, 5.74) is 2.09. The summed E-state index contributed by atoms with van der Waals surface area (Å²) in [6, 6.07) is 7.85. The van der Waals surface area contributed by atoms with Gasteiger partial charge in [0, 0.05) is 5.56 Å². The van der Waals surface area contributed by atoms with Crippen LogP contribution in [0, 0.1) is 31.6 Å². The Kier molecular flexibility index (Phi) is 5.16. The molecule has 0 radical (unpaired) electrons. The number of aryl methyl sites for hydroxylation is 1. The SMILES string of the molecule is C#CCOC(OCC#C)c1ccc(C)cc1. The summed E-state index contributed by atoms with van der Waals surface area (Å²) in [6.45, 7) is 2.41. The molecule has 16 heavy (non-hydrogen) atoms. The van der Waals surface area contributed by atoms with Gasteiger partial charge < -0.3 is 9.47 Å². The lowest BCUT2D eigenvalue weighted by Gasteiger charge is -2.16. The molecule has 0 spiro atoms. The van der Waals surface area contributed by atoms with Crippen LogP contribution in [0.4, 0.5) is 0 Å². The first-order valence-electron chi connectivity index (χ1n) is 4.94. The molecule has 1 aromatic rings. The van der Waals surface area contributed by atoms with Crippen molar-refractivity contribution < 1.29 is 9.47 Å². The lowest BCUT2D eigenvalue weighted by Crippen LogP contribution is -2.09. The zero-order chi connectivity index (χ0) is 11.8. The molecular weight excluding hydrogens is 200 g/mol. The fraction of sp³-hybridized carbons (Fsp3) is 0.286. The average Bonchev–Trinajstić information content (AvgIpc) is 2.31. The Bertz CT molecular complexity index is 374. The maximum absolute atomic E-state index is 5.37. The van der Waals surface area contributed by atoms with Crippen LogP contribution in [0.2, 0.25) is 0 Å². The first-order chi connectivity index (χ1) is 7.77. The van der Waals surface area contributed by atoms with Crippen molar-refractivity contribution in [1.82, 2.24) is 0 Å². The molecule has 82 valence electrons. The molecule has 0 unspecified atom stereocenters. The summed E-state index contributed by atoms with van der Waals surface area (Å²) in [7, 11) is 0. The van der Waals surface area contributed by atoms with Crippen LogP contribution >= 0.6 is 0 Å². The van der Waals surface area contributed by atoms with E-state index in [0.29, 0.717) is 0 Å². The molecule has 1 rings (SSSR count). The summed E-state index contributed by atoms with van der Waals surface area (Å²) in [4.78, 5) is 0. The van der Waals surface area contributed by atoms with Crippen molar-refractivity contribution in [1.29, 1.82) is 0 Å². The van der Waals surface area contributed by atoms with E-state index in [-0.39, 0.29) is 13.2 Å². The third-order valence-corrected chi connectivity index (χ3v) is 1.99. The molecule has 2 nitrogen and oxygen atoms in total. The second-order valence-corrected chi connectivity index (χ2v) is 3.27. The second kappa shape index (κ2) is 6.69.